The van der Waals surface area contributed by atoms with Crippen LogP contribution < -0.4 is 9.47 Å². The molecule has 20 heavy (non-hydrogen) atoms. The van der Waals surface area contributed by atoms with Gasteiger partial charge in [-0.15, -0.1) is 11.3 Å². The lowest BCUT2D eigenvalue weighted by Crippen LogP contribution is -1.95. The van der Waals surface area contributed by atoms with Crippen molar-refractivity contribution < 1.29 is 14.6 Å². The summed E-state index contributed by atoms with van der Waals surface area (Å²) in [5, 5.41) is 10.7. The number of benzene rings is 1. The van der Waals surface area contributed by atoms with Gasteiger partial charge in [0.15, 0.2) is 0 Å². The average molecular weight is 288 g/mol. The summed E-state index contributed by atoms with van der Waals surface area (Å²) in [6, 6.07) is 9.46. The summed E-state index contributed by atoms with van der Waals surface area (Å²) in [5.41, 5.74) is 0.969. The van der Waals surface area contributed by atoms with Gasteiger partial charge < -0.3 is 14.6 Å². The highest BCUT2D eigenvalue weighted by Crippen LogP contribution is 2.21. The minimum Gasteiger partial charge on any atom is -0.497 e. The predicted octanol–water partition coefficient (Wildman–Crippen LogP) is 3.07. The van der Waals surface area contributed by atoms with E-state index in [9.17, 15) is 0 Å². The quantitative estimate of drug-likeness (QED) is 0.859. The Hall–Kier alpha value is -1.96. The SMILES string of the molecule is COc1ccc(OCc2sccc2C#CCCO)cc1. The van der Waals surface area contributed by atoms with E-state index in [2.05, 4.69) is 11.8 Å². The molecule has 1 aromatic heterocycles. The van der Waals surface area contributed by atoms with Crippen LogP contribution in [0, 0.1) is 11.8 Å². The molecule has 0 amide bonds. The van der Waals surface area contributed by atoms with Gasteiger partial charge in [0, 0.05) is 12.0 Å². The van der Waals surface area contributed by atoms with Gasteiger partial charge in [0.05, 0.1) is 18.6 Å². The summed E-state index contributed by atoms with van der Waals surface area (Å²) >= 11 is 1.62. The maximum atomic E-state index is 8.72. The van der Waals surface area contributed by atoms with Crippen molar-refractivity contribution in [2.75, 3.05) is 13.7 Å². The Morgan fingerprint density at radius 1 is 1.15 bits per heavy atom. The molecular formula is C16H16O3S. The topological polar surface area (TPSA) is 38.7 Å². The Bertz CT molecular complexity index is 590. The lowest BCUT2D eigenvalue weighted by molar-refractivity contribution is 0.305. The Labute approximate surface area is 122 Å². The van der Waals surface area contributed by atoms with Gasteiger partial charge >= 0.3 is 0 Å². The van der Waals surface area contributed by atoms with E-state index in [4.69, 9.17) is 14.6 Å². The van der Waals surface area contributed by atoms with Crippen molar-refractivity contribution >= 4 is 11.3 Å². The van der Waals surface area contributed by atoms with Gasteiger partial charge in [-0.1, -0.05) is 11.8 Å². The maximum absolute atomic E-state index is 8.72. The lowest BCUT2D eigenvalue weighted by Gasteiger charge is -2.06. The molecule has 1 heterocycles. The molecule has 1 aromatic carbocycles. The first kappa shape index (κ1) is 14.4. The van der Waals surface area contributed by atoms with Crippen molar-refractivity contribution in [2.45, 2.75) is 13.0 Å². The van der Waals surface area contributed by atoms with Crippen molar-refractivity contribution in [3.05, 3.63) is 46.2 Å². The molecule has 0 saturated carbocycles. The molecule has 0 fully saturated rings. The van der Waals surface area contributed by atoms with Gasteiger partial charge in [-0.3, -0.25) is 0 Å². The van der Waals surface area contributed by atoms with E-state index in [1.807, 2.05) is 35.7 Å². The van der Waals surface area contributed by atoms with Crippen LogP contribution in [-0.2, 0) is 6.61 Å². The van der Waals surface area contributed by atoms with Gasteiger partial charge in [0.2, 0.25) is 0 Å². The van der Waals surface area contributed by atoms with E-state index < -0.39 is 0 Å². The summed E-state index contributed by atoms with van der Waals surface area (Å²) in [5.74, 6) is 7.58. The van der Waals surface area contributed by atoms with E-state index >= 15 is 0 Å². The third-order valence-electron chi connectivity index (χ3n) is 2.63. The highest BCUT2D eigenvalue weighted by Gasteiger charge is 2.03. The molecule has 0 unspecified atom stereocenters. The average Bonchev–Trinajstić information content (AvgIpc) is 2.93. The fourth-order valence-corrected chi connectivity index (χ4v) is 2.34. The van der Waals surface area contributed by atoms with Crippen LogP contribution in [0.15, 0.2) is 35.7 Å². The molecule has 104 valence electrons. The van der Waals surface area contributed by atoms with E-state index in [0.717, 1.165) is 21.9 Å². The molecule has 0 radical (unpaired) electrons. The number of rotatable bonds is 5. The molecule has 3 nitrogen and oxygen atoms in total. The molecule has 0 aliphatic carbocycles. The molecule has 0 saturated heterocycles. The highest BCUT2D eigenvalue weighted by atomic mass is 32.1. The molecular weight excluding hydrogens is 272 g/mol. The Morgan fingerprint density at radius 3 is 2.60 bits per heavy atom. The largest absolute Gasteiger partial charge is 0.497 e. The monoisotopic (exact) mass is 288 g/mol. The first-order valence-electron chi connectivity index (χ1n) is 6.26. The Kier molecular flexibility index (Phi) is 5.48. The van der Waals surface area contributed by atoms with Crippen molar-refractivity contribution in [1.29, 1.82) is 0 Å². The van der Waals surface area contributed by atoms with E-state index in [0.29, 0.717) is 13.0 Å². The van der Waals surface area contributed by atoms with E-state index in [-0.39, 0.29) is 6.61 Å². The van der Waals surface area contributed by atoms with Crippen LogP contribution in [0.1, 0.15) is 16.9 Å². The highest BCUT2D eigenvalue weighted by molar-refractivity contribution is 7.10. The van der Waals surface area contributed by atoms with Crippen LogP contribution in [0.4, 0.5) is 0 Å². The second kappa shape index (κ2) is 7.59. The maximum Gasteiger partial charge on any atom is 0.124 e. The van der Waals surface area contributed by atoms with Crippen LogP contribution >= 0.6 is 11.3 Å². The number of hydrogen-bond donors (Lipinski definition) is 1. The van der Waals surface area contributed by atoms with Crippen LogP contribution in [0.2, 0.25) is 0 Å². The lowest BCUT2D eigenvalue weighted by atomic mass is 10.2. The number of aliphatic hydroxyl groups excluding tert-OH is 1. The number of methoxy groups -OCH3 is 1. The standard InChI is InChI=1S/C16H16O3S/c1-18-14-5-7-15(8-6-14)19-12-16-13(9-11-20-16)4-2-3-10-17/h5-9,11,17H,3,10,12H2,1H3. The second-order valence-corrected chi connectivity index (χ2v) is 5.00. The van der Waals surface area contributed by atoms with Crippen LogP contribution in [0.25, 0.3) is 0 Å². The zero-order valence-electron chi connectivity index (χ0n) is 11.3. The minimum absolute atomic E-state index is 0.0921. The van der Waals surface area contributed by atoms with Gasteiger partial charge in [-0.25, -0.2) is 0 Å². The number of aliphatic hydroxyl groups is 1. The summed E-state index contributed by atoms with van der Waals surface area (Å²) in [6.07, 6.45) is 0.495. The molecule has 2 aromatic rings. The molecule has 2 rings (SSSR count). The van der Waals surface area contributed by atoms with Crippen molar-refractivity contribution in [3.63, 3.8) is 0 Å². The summed E-state index contributed by atoms with van der Waals surface area (Å²) in [4.78, 5) is 1.09. The molecule has 1 N–H and O–H groups in total. The molecule has 0 bridgehead atoms. The fourth-order valence-electron chi connectivity index (χ4n) is 1.60. The normalized spacial score (nSPS) is 9.70. The van der Waals surface area contributed by atoms with Crippen LogP contribution in [-0.4, -0.2) is 18.8 Å². The summed E-state index contributed by atoms with van der Waals surface area (Å²) < 4.78 is 10.8. The van der Waals surface area contributed by atoms with Crippen LogP contribution in [0.5, 0.6) is 11.5 Å². The van der Waals surface area contributed by atoms with E-state index in [1.165, 1.54) is 0 Å². The Balaban J connectivity index is 1.97. The van der Waals surface area contributed by atoms with Gasteiger partial charge in [-0.05, 0) is 35.7 Å². The Morgan fingerprint density at radius 2 is 1.90 bits per heavy atom. The van der Waals surface area contributed by atoms with Gasteiger partial charge in [0.25, 0.3) is 0 Å². The fraction of sp³-hybridized carbons (Fsp3) is 0.250. The van der Waals surface area contributed by atoms with E-state index in [1.54, 1.807) is 18.4 Å². The number of hydrogen-bond acceptors (Lipinski definition) is 4. The first-order chi connectivity index (χ1) is 9.83. The minimum atomic E-state index is 0.0921. The number of ether oxygens (including phenoxy) is 2. The molecule has 0 spiro atoms. The molecule has 0 aliphatic rings. The number of thiophene rings is 1. The van der Waals surface area contributed by atoms with Crippen LogP contribution in [0.3, 0.4) is 0 Å². The second-order valence-electron chi connectivity index (χ2n) is 4.00. The summed E-state index contributed by atoms with van der Waals surface area (Å²) in [7, 11) is 1.64. The smallest absolute Gasteiger partial charge is 0.124 e. The molecule has 0 atom stereocenters. The zero-order chi connectivity index (χ0) is 14.2. The summed E-state index contributed by atoms with van der Waals surface area (Å²) in [6.45, 7) is 0.585. The molecule has 0 aliphatic heterocycles. The van der Waals surface area contributed by atoms with Crippen molar-refractivity contribution in [3.8, 4) is 23.3 Å². The third kappa shape index (κ3) is 4.02. The van der Waals surface area contributed by atoms with Gasteiger partial charge in [0.1, 0.15) is 18.1 Å². The molecule has 4 heteroatoms. The van der Waals surface area contributed by atoms with Gasteiger partial charge in [-0.2, -0.15) is 0 Å². The third-order valence-corrected chi connectivity index (χ3v) is 3.53. The predicted molar refractivity (Wildman–Crippen MR) is 80.2 cm³/mol. The zero-order valence-corrected chi connectivity index (χ0v) is 12.1. The van der Waals surface area contributed by atoms with Crippen molar-refractivity contribution in [2.24, 2.45) is 0 Å². The first-order valence-corrected chi connectivity index (χ1v) is 7.14. The van der Waals surface area contributed by atoms with Crippen molar-refractivity contribution in [1.82, 2.24) is 0 Å².